The molecule has 1 saturated heterocycles. The number of rotatable bonds is 6. The van der Waals surface area contributed by atoms with E-state index in [1.54, 1.807) is 7.11 Å². The first-order valence-electron chi connectivity index (χ1n) is 10.4. The van der Waals surface area contributed by atoms with Gasteiger partial charge >= 0.3 is 0 Å². The summed E-state index contributed by atoms with van der Waals surface area (Å²) < 4.78 is 16.5. The van der Waals surface area contributed by atoms with Crippen molar-refractivity contribution in [3.63, 3.8) is 0 Å². The van der Waals surface area contributed by atoms with Crippen molar-refractivity contribution in [1.82, 2.24) is 10.2 Å². The zero-order valence-corrected chi connectivity index (χ0v) is 17.6. The summed E-state index contributed by atoms with van der Waals surface area (Å²) in [5.74, 6) is 2.40. The van der Waals surface area contributed by atoms with E-state index in [0.29, 0.717) is 19.8 Å². The van der Waals surface area contributed by atoms with Gasteiger partial charge in [-0.15, -0.1) is 0 Å². The summed E-state index contributed by atoms with van der Waals surface area (Å²) in [6.07, 6.45) is 0. The van der Waals surface area contributed by atoms with Gasteiger partial charge in [-0.2, -0.15) is 0 Å². The molecule has 1 fully saturated rings. The van der Waals surface area contributed by atoms with E-state index >= 15 is 0 Å². The van der Waals surface area contributed by atoms with Crippen LogP contribution in [0.2, 0.25) is 0 Å². The summed E-state index contributed by atoms with van der Waals surface area (Å²) in [4.78, 5) is 17.1. The van der Waals surface area contributed by atoms with Crippen LogP contribution >= 0.6 is 0 Å². The van der Waals surface area contributed by atoms with Crippen molar-refractivity contribution in [2.75, 3.05) is 57.9 Å². The molecule has 2 aromatic carbocycles. The zero-order valence-electron chi connectivity index (χ0n) is 17.6. The smallest absolute Gasteiger partial charge is 0.234 e. The van der Waals surface area contributed by atoms with Crippen molar-refractivity contribution >= 4 is 11.6 Å². The molecule has 2 aromatic rings. The minimum absolute atomic E-state index is 0.0345. The predicted molar refractivity (Wildman–Crippen MR) is 116 cm³/mol. The molecule has 0 bridgehead atoms. The van der Waals surface area contributed by atoms with Crippen LogP contribution < -0.4 is 24.4 Å². The molecule has 0 radical (unpaired) electrons. The van der Waals surface area contributed by atoms with E-state index in [9.17, 15) is 4.79 Å². The number of nitrogens with one attached hydrogen (secondary N) is 1. The number of carbonyl (C=O) groups excluding carboxylic acids is 1. The van der Waals surface area contributed by atoms with Gasteiger partial charge in [0.2, 0.25) is 5.91 Å². The molecule has 2 aliphatic heterocycles. The van der Waals surface area contributed by atoms with Crippen molar-refractivity contribution < 1.29 is 19.0 Å². The highest BCUT2D eigenvalue weighted by molar-refractivity contribution is 5.78. The molecule has 1 N–H and O–H groups in total. The fourth-order valence-electron chi connectivity index (χ4n) is 3.87. The molecule has 7 nitrogen and oxygen atoms in total. The monoisotopic (exact) mass is 411 g/mol. The topological polar surface area (TPSA) is 63.3 Å². The van der Waals surface area contributed by atoms with Gasteiger partial charge in [0.05, 0.1) is 19.7 Å². The normalized spacial score (nSPS) is 17.3. The Morgan fingerprint density at radius 3 is 2.60 bits per heavy atom. The molecular weight excluding hydrogens is 382 g/mol. The molecule has 2 heterocycles. The summed E-state index contributed by atoms with van der Waals surface area (Å²) in [7, 11) is 1.68. The van der Waals surface area contributed by atoms with Crippen molar-refractivity contribution in [1.29, 1.82) is 0 Å². The minimum Gasteiger partial charge on any atom is -0.497 e. The first-order valence-corrected chi connectivity index (χ1v) is 10.4. The predicted octanol–water partition coefficient (Wildman–Crippen LogP) is 2.47. The lowest BCUT2D eigenvalue weighted by atomic mass is 10.1. The van der Waals surface area contributed by atoms with Gasteiger partial charge in [0, 0.05) is 37.9 Å². The molecule has 0 aromatic heterocycles. The van der Waals surface area contributed by atoms with E-state index in [0.717, 1.165) is 54.7 Å². The number of methoxy groups -OCH3 is 1. The van der Waals surface area contributed by atoms with E-state index in [4.69, 9.17) is 14.2 Å². The fraction of sp³-hybridized carbons (Fsp3) is 0.435. The zero-order chi connectivity index (χ0) is 20.9. The number of carbonyl (C=O) groups is 1. The maximum Gasteiger partial charge on any atom is 0.234 e. The van der Waals surface area contributed by atoms with Crippen LogP contribution in [0.4, 0.5) is 5.69 Å². The van der Waals surface area contributed by atoms with Crippen LogP contribution in [0.1, 0.15) is 18.5 Å². The third kappa shape index (κ3) is 4.79. The molecule has 0 saturated carbocycles. The molecule has 7 heteroatoms. The maximum atomic E-state index is 12.6. The molecule has 0 spiro atoms. The molecule has 160 valence electrons. The molecule has 4 rings (SSSR count). The van der Waals surface area contributed by atoms with Gasteiger partial charge in [0.25, 0.3) is 0 Å². The number of amides is 1. The number of ether oxygens (including phenoxy) is 3. The standard InChI is InChI=1S/C23H29N3O4/c1-17(18-6-7-21-22(14-18)30-13-12-29-21)24-23(27)16-25-8-10-26(11-9-25)19-4-3-5-20(15-19)28-2/h3-7,14-15,17H,8-13,16H2,1-2H3,(H,24,27)/t17-/m1/s1. The van der Waals surface area contributed by atoms with Crippen LogP contribution in [-0.2, 0) is 4.79 Å². The largest absolute Gasteiger partial charge is 0.497 e. The van der Waals surface area contributed by atoms with E-state index in [1.165, 1.54) is 0 Å². The fourth-order valence-corrected chi connectivity index (χ4v) is 3.87. The van der Waals surface area contributed by atoms with Crippen molar-refractivity contribution in [2.24, 2.45) is 0 Å². The first-order chi connectivity index (χ1) is 14.6. The van der Waals surface area contributed by atoms with Crippen LogP contribution in [-0.4, -0.2) is 63.9 Å². The van der Waals surface area contributed by atoms with Crippen LogP contribution in [0.5, 0.6) is 17.2 Å². The maximum absolute atomic E-state index is 12.6. The molecule has 30 heavy (non-hydrogen) atoms. The number of fused-ring (bicyclic) bond motifs is 1. The lowest BCUT2D eigenvalue weighted by Crippen LogP contribution is -2.49. The van der Waals surface area contributed by atoms with Gasteiger partial charge in [-0.3, -0.25) is 9.69 Å². The summed E-state index contributed by atoms with van der Waals surface area (Å²) in [5, 5.41) is 3.10. The number of piperazine rings is 1. The summed E-state index contributed by atoms with van der Waals surface area (Å²) in [6.45, 7) is 7.00. The highest BCUT2D eigenvalue weighted by Gasteiger charge is 2.21. The van der Waals surface area contributed by atoms with Crippen molar-refractivity contribution in [2.45, 2.75) is 13.0 Å². The Morgan fingerprint density at radius 2 is 1.83 bits per heavy atom. The molecule has 0 aliphatic carbocycles. The van der Waals surface area contributed by atoms with Crippen molar-refractivity contribution in [3.05, 3.63) is 48.0 Å². The molecule has 1 atom stereocenters. The van der Waals surface area contributed by atoms with Gasteiger partial charge < -0.3 is 24.4 Å². The molecule has 0 unspecified atom stereocenters. The second-order valence-electron chi connectivity index (χ2n) is 7.66. The van der Waals surface area contributed by atoms with Gasteiger partial charge in [-0.1, -0.05) is 12.1 Å². The molecular formula is C23H29N3O4. The van der Waals surface area contributed by atoms with Gasteiger partial charge in [0.15, 0.2) is 11.5 Å². The van der Waals surface area contributed by atoms with E-state index < -0.39 is 0 Å². The van der Waals surface area contributed by atoms with E-state index in [2.05, 4.69) is 27.2 Å². The SMILES string of the molecule is COc1cccc(N2CCN(CC(=O)N[C@H](C)c3ccc4c(c3)OCCO4)CC2)c1. The Kier molecular flexibility index (Phi) is 6.28. The highest BCUT2D eigenvalue weighted by Crippen LogP contribution is 2.32. The number of hydrogen-bond acceptors (Lipinski definition) is 6. The summed E-state index contributed by atoms with van der Waals surface area (Å²) in [6, 6.07) is 13.9. The molecule has 2 aliphatic rings. The third-order valence-corrected chi connectivity index (χ3v) is 5.60. The lowest BCUT2D eigenvalue weighted by molar-refractivity contribution is -0.123. The number of anilines is 1. The number of benzene rings is 2. The quantitative estimate of drug-likeness (QED) is 0.788. The Bertz CT molecular complexity index is 881. The average Bonchev–Trinajstić information content (AvgIpc) is 2.79. The first kappa shape index (κ1) is 20.3. The van der Waals surface area contributed by atoms with Crippen LogP contribution in [0.3, 0.4) is 0 Å². The van der Waals surface area contributed by atoms with E-state index in [1.807, 2.05) is 37.3 Å². The summed E-state index contributed by atoms with van der Waals surface area (Å²) >= 11 is 0. The summed E-state index contributed by atoms with van der Waals surface area (Å²) in [5.41, 5.74) is 2.17. The highest BCUT2D eigenvalue weighted by atomic mass is 16.6. The van der Waals surface area contributed by atoms with E-state index in [-0.39, 0.29) is 11.9 Å². The number of hydrogen-bond donors (Lipinski definition) is 1. The van der Waals surface area contributed by atoms with Gasteiger partial charge in [0.1, 0.15) is 19.0 Å². The van der Waals surface area contributed by atoms with Crippen LogP contribution in [0.15, 0.2) is 42.5 Å². The molecule has 1 amide bonds. The van der Waals surface area contributed by atoms with Crippen LogP contribution in [0.25, 0.3) is 0 Å². The third-order valence-electron chi connectivity index (χ3n) is 5.60. The Balaban J connectivity index is 1.26. The lowest BCUT2D eigenvalue weighted by Gasteiger charge is -2.36. The van der Waals surface area contributed by atoms with Gasteiger partial charge in [-0.25, -0.2) is 0 Å². The van der Waals surface area contributed by atoms with Crippen molar-refractivity contribution in [3.8, 4) is 17.2 Å². The number of nitrogens with zero attached hydrogens (tertiary/aromatic N) is 2. The Morgan fingerprint density at radius 1 is 1.07 bits per heavy atom. The minimum atomic E-state index is -0.0913. The Hall–Kier alpha value is -2.93. The second kappa shape index (κ2) is 9.26. The second-order valence-corrected chi connectivity index (χ2v) is 7.66. The van der Waals surface area contributed by atoms with Crippen LogP contribution in [0, 0.1) is 0 Å². The van der Waals surface area contributed by atoms with Gasteiger partial charge in [-0.05, 0) is 36.8 Å². The average molecular weight is 412 g/mol. The Labute approximate surface area is 177 Å².